The van der Waals surface area contributed by atoms with Crippen LogP contribution in [0.15, 0.2) is 82.6 Å². The van der Waals surface area contributed by atoms with Crippen LogP contribution in [0, 0.1) is 0 Å². The zero-order chi connectivity index (χ0) is 17.5. The van der Waals surface area contributed by atoms with Crippen molar-refractivity contribution in [2.24, 2.45) is 10.2 Å². The van der Waals surface area contributed by atoms with E-state index in [0.717, 1.165) is 48.5 Å². The molecule has 0 N–H and O–H groups in total. The first kappa shape index (κ1) is 17.2. The summed E-state index contributed by atoms with van der Waals surface area (Å²) in [7, 11) is 0. The highest BCUT2D eigenvalue weighted by Crippen LogP contribution is 2.19. The van der Waals surface area contributed by atoms with Crippen LogP contribution in [0.3, 0.4) is 0 Å². The highest BCUT2D eigenvalue weighted by Gasteiger charge is 2.17. The van der Waals surface area contributed by atoms with Crippen LogP contribution in [-0.4, -0.2) is 29.4 Å². The standard InChI is InChI=1S/C22H25N3/c1-3-25(4-2)21-17-11-16-20(18-12-7-5-8-13-18)23-24-22(21)19-14-9-6-10-15-19/h5-10,12-15,17H,3-4,11,16H2,1-2H3/b21-17+,23-20-,24-22-. The first-order valence-electron chi connectivity index (χ1n) is 9.04. The van der Waals surface area contributed by atoms with E-state index in [4.69, 9.17) is 5.10 Å². The van der Waals surface area contributed by atoms with E-state index in [-0.39, 0.29) is 0 Å². The Labute approximate surface area is 150 Å². The van der Waals surface area contributed by atoms with Crippen LogP contribution >= 0.6 is 0 Å². The van der Waals surface area contributed by atoms with Gasteiger partial charge in [-0.15, -0.1) is 5.10 Å². The Kier molecular flexibility index (Phi) is 5.78. The van der Waals surface area contributed by atoms with Crippen molar-refractivity contribution in [3.8, 4) is 0 Å². The van der Waals surface area contributed by atoms with Crippen LogP contribution in [0.5, 0.6) is 0 Å². The van der Waals surface area contributed by atoms with Gasteiger partial charge < -0.3 is 4.90 Å². The molecule has 2 aromatic carbocycles. The summed E-state index contributed by atoms with van der Waals surface area (Å²) in [5, 5.41) is 9.35. The number of allylic oxidation sites excluding steroid dienone is 2. The number of benzene rings is 2. The molecule has 0 atom stereocenters. The van der Waals surface area contributed by atoms with E-state index < -0.39 is 0 Å². The summed E-state index contributed by atoms with van der Waals surface area (Å²) in [4.78, 5) is 2.36. The van der Waals surface area contributed by atoms with E-state index in [9.17, 15) is 0 Å². The first-order chi connectivity index (χ1) is 12.3. The highest BCUT2D eigenvalue weighted by atomic mass is 15.2. The van der Waals surface area contributed by atoms with Gasteiger partial charge in [0.05, 0.1) is 11.4 Å². The fourth-order valence-electron chi connectivity index (χ4n) is 3.13. The molecule has 0 radical (unpaired) electrons. The van der Waals surface area contributed by atoms with Crippen molar-refractivity contribution in [3.05, 3.63) is 83.6 Å². The van der Waals surface area contributed by atoms with Gasteiger partial charge in [0.2, 0.25) is 0 Å². The van der Waals surface area contributed by atoms with Crippen LogP contribution in [0.1, 0.15) is 37.8 Å². The molecule has 25 heavy (non-hydrogen) atoms. The Bertz CT molecular complexity index is 769. The highest BCUT2D eigenvalue weighted by molar-refractivity contribution is 6.13. The molecule has 0 spiro atoms. The lowest BCUT2D eigenvalue weighted by atomic mass is 10.0. The number of rotatable bonds is 5. The predicted octanol–water partition coefficient (Wildman–Crippen LogP) is 4.90. The van der Waals surface area contributed by atoms with Gasteiger partial charge in [0.15, 0.2) is 0 Å². The molecule has 1 heterocycles. The second-order valence-corrected chi connectivity index (χ2v) is 6.03. The van der Waals surface area contributed by atoms with Crippen molar-refractivity contribution in [1.29, 1.82) is 0 Å². The molecule has 2 aromatic rings. The lowest BCUT2D eigenvalue weighted by Gasteiger charge is -2.26. The largest absolute Gasteiger partial charge is 0.371 e. The summed E-state index contributed by atoms with van der Waals surface area (Å²) >= 11 is 0. The summed E-state index contributed by atoms with van der Waals surface area (Å²) in [5.74, 6) is 0. The molecular formula is C22H25N3. The second kappa shape index (κ2) is 8.43. The number of hydrogen-bond donors (Lipinski definition) is 0. The van der Waals surface area contributed by atoms with E-state index in [2.05, 4.69) is 78.5 Å². The van der Waals surface area contributed by atoms with Gasteiger partial charge in [0.1, 0.15) is 5.71 Å². The number of likely N-dealkylation sites (N-methyl/N-ethyl adjacent to an activating group) is 1. The topological polar surface area (TPSA) is 28.0 Å². The fourth-order valence-corrected chi connectivity index (χ4v) is 3.13. The molecule has 0 unspecified atom stereocenters. The molecular weight excluding hydrogens is 306 g/mol. The second-order valence-electron chi connectivity index (χ2n) is 6.03. The van der Waals surface area contributed by atoms with Gasteiger partial charge in [-0.25, -0.2) is 0 Å². The van der Waals surface area contributed by atoms with Crippen LogP contribution in [-0.2, 0) is 0 Å². The van der Waals surface area contributed by atoms with Gasteiger partial charge in [-0.1, -0.05) is 66.7 Å². The van der Waals surface area contributed by atoms with Gasteiger partial charge >= 0.3 is 0 Å². The normalized spacial score (nSPS) is 21.0. The predicted molar refractivity (Wildman–Crippen MR) is 106 cm³/mol. The summed E-state index contributed by atoms with van der Waals surface area (Å²) in [5.41, 5.74) is 5.45. The Balaban J connectivity index is 2.06. The molecule has 1 aliphatic heterocycles. The van der Waals surface area contributed by atoms with Crippen molar-refractivity contribution in [2.45, 2.75) is 26.7 Å². The van der Waals surface area contributed by atoms with Crippen molar-refractivity contribution in [2.75, 3.05) is 13.1 Å². The minimum atomic E-state index is 0.903. The molecule has 0 saturated carbocycles. The molecule has 0 amide bonds. The van der Waals surface area contributed by atoms with E-state index in [1.807, 2.05) is 12.1 Å². The summed E-state index contributed by atoms with van der Waals surface area (Å²) < 4.78 is 0. The average molecular weight is 331 g/mol. The van der Waals surface area contributed by atoms with E-state index in [0.29, 0.717) is 0 Å². The Hall–Kier alpha value is -2.68. The molecule has 3 rings (SSSR count). The van der Waals surface area contributed by atoms with Gasteiger partial charge in [0.25, 0.3) is 0 Å². The monoisotopic (exact) mass is 331 g/mol. The minimum Gasteiger partial charge on any atom is -0.371 e. The molecule has 0 aliphatic carbocycles. The van der Waals surface area contributed by atoms with Gasteiger partial charge in [-0.2, -0.15) is 5.10 Å². The maximum atomic E-state index is 4.70. The Morgan fingerprint density at radius 1 is 0.800 bits per heavy atom. The lowest BCUT2D eigenvalue weighted by Crippen LogP contribution is -2.28. The molecule has 0 saturated heterocycles. The summed E-state index contributed by atoms with van der Waals surface area (Å²) in [6, 6.07) is 20.7. The third kappa shape index (κ3) is 4.05. The smallest absolute Gasteiger partial charge is 0.116 e. The van der Waals surface area contributed by atoms with Crippen LogP contribution in [0.2, 0.25) is 0 Å². The molecule has 1 aliphatic rings. The van der Waals surface area contributed by atoms with Crippen LogP contribution in [0.25, 0.3) is 0 Å². The van der Waals surface area contributed by atoms with Crippen molar-refractivity contribution in [3.63, 3.8) is 0 Å². The van der Waals surface area contributed by atoms with E-state index in [1.165, 1.54) is 5.70 Å². The van der Waals surface area contributed by atoms with Crippen molar-refractivity contribution < 1.29 is 0 Å². The Morgan fingerprint density at radius 3 is 2.00 bits per heavy atom. The third-order valence-corrected chi connectivity index (χ3v) is 4.49. The lowest BCUT2D eigenvalue weighted by molar-refractivity contribution is 0.399. The minimum absolute atomic E-state index is 0.903. The molecule has 3 nitrogen and oxygen atoms in total. The van der Waals surface area contributed by atoms with Gasteiger partial charge in [0, 0.05) is 18.7 Å². The fraction of sp³-hybridized carbons (Fsp3) is 0.273. The average Bonchev–Trinajstić information content (AvgIpc) is 2.66. The Morgan fingerprint density at radius 2 is 1.40 bits per heavy atom. The SMILES string of the molecule is CCN(CC)C1=C/CC/C(c2ccccc2)=N/N=C\1c1ccccc1. The molecule has 0 aromatic heterocycles. The molecule has 128 valence electrons. The molecule has 0 fully saturated rings. The summed E-state index contributed by atoms with van der Waals surface area (Å²) in [6.45, 7) is 6.29. The number of nitrogens with zero attached hydrogens (tertiary/aromatic N) is 3. The van der Waals surface area contributed by atoms with Gasteiger partial charge in [-0.3, -0.25) is 0 Å². The van der Waals surface area contributed by atoms with Crippen molar-refractivity contribution >= 4 is 11.4 Å². The van der Waals surface area contributed by atoms with E-state index >= 15 is 0 Å². The zero-order valence-corrected chi connectivity index (χ0v) is 15.0. The third-order valence-electron chi connectivity index (χ3n) is 4.49. The molecule has 0 bridgehead atoms. The number of hydrogen-bond acceptors (Lipinski definition) is 3. The maximum absolute atomic E-state index is 4.70. The quantitative estimate of drug-likeness (QED) is 0.766. The summed E-state index contributed by atoms with van der Waals surface area (Å²) in [6.07, 6.45) is 4.18. The first-order valence-corrected chi connectivity index (χ1v) is 9.04. The van der Waals surface area contributed by atoms with Crippen molar-refractivity contribution in [1.82, 2.24) is 4.90 Å². The maximum Gasteiger partial charge on any atom is 0.116 e. The zero-order valence-electron chi connectivity index (χ0n) is 15.0. The van der Waals surface area contributed by atoms with Crippen LogP contribution < -0.4 is 0 Å². The van der Waals surface area contributed by atoms with E-state index in [1.54, 1.807) is 0 Å². The van der Waals surface area contributed by atoms with Gasteiger partial charge in [-0.05, 0) is 32.3 Å². The van der Waals surface area contributed by atoms with Crippen LogP contribution in [0.4, 0.5) is 0 Å². The molecule has 3 heteroatoms.